The molecule has 0 bridgehead atoms. The number of aryl methyl sites for hydroxylation is 2. The molecular formula is C13H16N4S. The molecule has 0 atom stereocenters. The number of nitrogens with one attached hydrogen (secondary N) is 1. The van der Waals surface area contributed by atoms with Crippen LogP contribution in [0.15, 0.2) is 30.3 Å². The summed E-state index contributed by atoms with van der Waals surface area (Å²) in [4.78, 5) is 0. The van der Waals surface area contributed by atoms with Gasteiger partial charge in [0.05, 0.1) is 12.2 Å². The van der Waals surface area contributed by atoms with Crippen molar-refractivity contribution in [1.82, 2.24) is 9.78 Å². The van der Waals surface area contributed by atoms with Crippen LogP contribution >= 0.6 is 12.2 Å². The largest absolute Gasteiger partial charge is 0.376 e. The van der Waals surface area contributed by atoms with Crippen LogP contribution in [0.4, 0.5) is 5.69 Å². The van der Waals surface area contributed by atoms with E-state index in [4.69, 9.17) is 18.0 Å². The Balaban J connectivity index is 2.19. The van der Waals surface area contributed by atoms with Gasteiger partial charge in [-0.2, -0.15) is 5.10 Å². The fraction of sp³-hybridized carbons (Fsp3) is 0.231. The summed E-state index contributed by atoms with van der Waals surface area (Å²) in [5, 5.41) is 7.65. The van der Waals surface area contributed by atoms with Crippen molar-refractivity contribution >= 4 is 23.0 Å². The lowest BCUT2D eigenvalue weighted by molar-refractivity contribution is 0.659. The monoisotopic (exact) mass is 260 g/mol. The summed E-state index contributed by atoms with van der Waals surface area (Å²) in [6, 6.07) is 10.1. The summed E-state index contributed by atoms with van der Waals surface area (Å²) in [6.07, 6.45) is 0. The third kappa shape index (κ3) is 3.07. The number of rotatable bonds is 3. The number of hydrogen-bond donors (Lipinski definition) is 2. The van der Waals surface area contributed by atoms with Gasteiger partial charge in [0.1, 0.15) is 0 Å². The van der Waals surface area contributed by atoms with Crippen molar-refractivity contribution in [2.24, 2.45) is 5.73 Å². The molecule has 0 amide bonds. The van der Waals surface area contributed by atoms with Gasteiger partial charge in [0.15, 0.2) is 5.11 Å². The summed E-state index contributed by atoms with van der Waals surface area (Å²) in [5.74, 6) is 0. The third-order valence-electron chi connectivity index (χ3n) is 2.63. The highest BCUT2D eigenvalue weighted by molar-refractivity contribution is 7.80. The maximum Gasteiger partial charge on any atom is 0.168 e. The van der Waals surface area contributed by atoms with Gasteiger partial charge in [-0.3, -0.25) is 4.68 Å². The molecule has 0 fully saturated rings. The molecule has 0 unspecified atom stereocenters. The van der Waals surface area contributed by atoms with E-state index in [0.29, 0.717) is 0 Å². The Morgan fingerprint density at radius 2 is 2.17 bits per heavy atom. The van der Waals surface area contributed by atoms with Gasteiger partial charge >= 0.3 is 0 Å². The lowest BCUT2D eigenvalue weighted by atomic mass is 10.2. The van der Waals surface area contributed by atoms with Crippen LogP contribution in [0.25, 0.3) is 0 Å². The molecule has 0 saturated carbocycles. The van der Waals surface area contributed by atoms with Gasteiger partial charge < -0.3 is 11.1 Å². The number of hydrogen-bond acceptors (Lipinski definition) is 2. The van der Waals surface area contributed by atoms with Crippen LogP contribution in [-0.4, -0.2) is 14.9 Å². The molecule has 94 valence electrons. The summed E-state index contributed by atoms with van der Waals surface area (Å²) in [6.45, 7) is 4.79. The number of nitrogens with two attached hydrogens (primary N) is 1. The van der Waals surface area contributed by atoms with Crippen molar-refractivity contribution in [2.45, 2.75) is 20.4 Å². The van der Waals surface area contributed by atoms with E-state index in [1.54, 1.807) is 0 Å². The maximum atomic E-state index is 5.46. The minimum Gasteiger partial charge on any atom is -0.376 e. The standard InChI is InChI=1S/C13H16N4S/c1-9-6-10(2)17(16-9)8-11-4-3-5-12(7-11)15-13(14)18/h3-7H,8H2,1-2H3,(H3,14,15,18). The molecule has 18 heavy (non-hydrogen) atoms. The van der Waals surface area contributed by atoms with E-state index in [9.17, 15) is 0 Å². The average Bonchev–Trinajstić information content (AvgIpc) is 2.57. The molecule has 0 saturated heterocycles. The second kappa shape index (κ2) is 5.18. The molecule has 0 aliphatic rings. The fourth-order valence-corrected chi connectivity index (χ4v) is 2.02. The number of thiocarbonyl (C=S) groups is 1. The zero-order valence-electron chi connectivity index (χ0n) is 10.5. The van der Waals surface area contributed by atoms with E-state index >= 15 is 0 Å². The van der Waals surface area contributed by atoms with Crippen molar-refractivity contribution in [3.63, 3.8) is 0 Å². The van der Waals surface area contributed by atoms with E-state index in [-0.39, 0.29) is 5.11 Å². The predicted octanol–water partition coefficient (Wildman–Crippen LogP) is 2.20. The Bertz CT molecular complexity index is 574. The average molecular weight is 260 g/mol. The number of aromatic nitrogens is 2. The van der Waals surface area contributed by atoms with E-state index in [1.165, 1.54) is 0 Å². The zero-order valence-corrected chi connectivity index (χ0v) is 11.3. The third-order valence-corrected chi connectivity index (χ3v) is 2.73. The Kier molecular flexibility index (Phi) is 3.62. The van der Waals surface area contributed by atoms with Crippen LogP contribution in [0.3, 0.4) is 0 Å². The van der Waals surface area contributed by atoms with Crippen LogP contribution in [0.1, 0.15) is 17.0 Å². The first-order valence-corrected chi connectivity index (χ1v) is 6.12. The first-order chi connectivity index (χ1) is 8.54. The number of benzene rings is 1. The highest BCUT2D eigenvalue weighted by Gasteiger charge is 2.03. The van der Waals surface area contributed by atoms with Crippen molar-refractivity contribution < 1.29 is 0 Å². The summed E-state index contributed by atoms with van der Waals surface area (Å²) >= 11 is 4.82. The highest BCUT2D eigenvalue weighted by Crippen LogP contribution is 2.13. The molecule has 2 aromatic rings. The minimum atomic E-state index is 0.276. The van der Waals surface area contributed by atoms with Crippen LogP contribution in [0, 0.1) is 13.8 Å². The summed E-state index contributed by atoms with van der Waals surface area (Å²) in [5.41, 5.74) is 9.70. The van der Waals surface area contributed by atoms with Crippen LogP contribution in [-0.2, 0) is 6.54 Å². The second-order valence-electron chi connectivity index (χ2n) is 4.27. The smallest absolute Gasteiger partial charge is 0.168 e. The maximum absolute atomic E-state index is 5.46. The van der Waals surface area contributed by atoms with Gasteiger partial charge in [-0.05, 0) is 49.8 Å². The van der Waals surface area contributed by atoms with E-state index in [0.717, 1.165) is 29.2 Å². The van der Waals surface area contributed by atoms with Crippen LogP contribution < -0.4 is 11.1 Å². The van der Waals surface area contributed by atoms with Gasteiger partial charge in [0.2, 0.25) is 0 Å². The quantitative estimate of drug-likeness (QED) is 0.831. The lowest BCUT2D eigenvalue weighted by Gasteiger charge is -2.08. The normalized spacial score (nSPS) is 10.3. The molecule has 1 aromatic carbocycles. The Morgan fingerprint density at radius 3 is 2.78 bits per heavy atom. The lowest BCUT2D eigenvalue weighted by Crippen LogP contribution is -2.19. The van der Waals surface area contributed by atoms with Crippen molar-refractivity contribution in [3.8, 4) is 0 Å². The molecule has 1 aromatic heterocycles. The zero-order chi connectivity index (χ0) is 13.1. The van der Waals surface area contributed by atoms with Gasteiger partial charge in [0, 0.05) is 11.4 Å². The summed E-state index contributed by atoms with van der Waals surface area (Å²) < 4.78 is 1.98. The molecule has 5 heteroatoms. The van der Waals surface area contributed by atoms with Crippen molar-refractivity contribution in [2.75, 3.05) is 5.32 Å². The predicted molar refractivity (Wildman–Crippen MR) is 77.7 cm³/mol. The van der Waals surface area contributed by atoms with Crippen molar-refractivity contribution in [3.05, 3.63) is 47.3 Å². The molecule has 2 rings (SSSR count). The first kappa shape index (κ1) is 12.6. The van der Waals surface area contributed by atoms with Crippen LogP contribution in [0.2, 0.25) is 0 Å². The molecule has 1 heterocycles. The Morgan fingerprint density at radius 1 is 1.39 bits per heavy atom. The molecule has 0 aliphatic heterocycles. The minimum absolute atomic E-state index is 0.276. The molecular weight excluding hydrogens is 244 g/mol. The molecule has 0 aliphatic carbocycles. The Labute approximate surface area is 112 Å². The SMILES string of the molecule is Cc1cc(C)n(Cc2cccc(NC(N)=S)c2)n1. The molecule has 4 nitrogen and oxygen atoms in total. The van der Waals surface area contributed by atoms with Gasteiger partial charge in [-0.1, -0.05) is 12.1 Å². The van der Waals surface area contributed by atoms with Crippen LogP contribution in [0.5, 0.6) is 0 Å². The van der Waals surface area contributed by atoms with E-state index < -0.39 is 0 Å². The Hall–Kier alpha value is -1.88. The first-order valence-electron chi connectivity index (χ1n) is 5.71. The van der Waals surface area contributed by atoms with E-state index in [2.05, 4.69) is 29.5 Å². The van der Waals surface area contributed by atoms with Gasteiger partial charge in [0.25, 0.3) is 0 Å². The molecule has 0 spiro atoms. The topological polar surface area (TPSA) is 55.9 Å². The molecule has 0 radical (unpaired) electrons. The highest BCUT2D eigenvalue weighted by atomic mass is 32.1. The molecule has 3 N–H and O–H groups in total. The van der Waals surface area contributed by atoms with Crippen molar-refractivity contribution in [1.29, 1.82) is 0 Å². The van der Waals surface area contributed by atoms with E-state index in [1.807, 2.05) is 29.8 Å². The van der Waals surface area contributed by atoms with Gasteiger partial charge in [-0.25, -0.2) is 0 Å². The van der Waals surface area contributed by atoms with Gasteiger partial charge in [-0.15, -0.1) is 0 Å². The number of nitrogens with zero attached hydrogens (tertiary/aromatic N) is 2. The second-order valence-corrected chi connectivity index (χ2v) is 4.71. The number of anilines is 1. The fourth-order valence-electron chi connectivity index (χ4n) is 1.90. The summed E-state index contributed by atoms with van der Waals surface area (Å²) in [7, 11) is 0.